The van der Waals surface area contributed by atoms with Crippen molar-refractivity contribution < 1.29 is 4.74 Å². The van der Waals surface area contributed by atoms with Gasteiger partial charge in [-0.05, 0) is 38.0 Å². The van der Waals surface area contributed by atoms with Crippen molar-refractivity contribution in [2.24, 2.45) is 0 Å². The third-order valence-corrected chi connectivity index (χ3v) is 3.48. The molecular formula is C17H20N2O. The smallest absolute Gasteiger partial charge is 0.130 e. The standard InChI is InChI=1S/C17H20N2O/c1-13-5-8-17(14(10-13)11-19-15-6-7-15)20-12-16-4-2-3-9-18-16/h2-5,8-10,15,19H,6-7,11-12H2,1H3. The summed E-state index contributed by atoms with van der Waals surface area (Å²) in [6.07, 6.45) is 4.40. The van der Waals surface area contributed by atoms with E-state index in [0.29, 0.717) is 12.6 Å². The zero-order valence-electron chi connectivity index (χ0n) is 11.8. The lowest BCUT2D eigenvalue weighted by atomic mass is 10.1. The van der Waals surface area contributed by atoms with E-state index >= 15 is 0 Å². The first kappa shape index (κ1) is 13.1. The highest BCUT2D eigenvalue weighted by molar-refractivity contribution is 5.37. The topological polar surface area (TPSA) is 34.1 Å². The van der Waals surface area contributed by atoms with E-state index in [4.69, 9.17) is 4.74 Å². The Morgan fingerprint density at radius 2 is 2.15 bits per heavy atom. The number of hydrogen-bond donors (Lipinski definition) is 1. The summed E-state index contributed by atoms with van der Waals surface area (Å²) in [6.45, 7) is 3.51. The Morgan fingerprint density at radius 3 is 2.90 bits per heavy atom. The minimum Gasteiger partial charge on any atom is -0.487 e. The molecule has 1 fully saturated rings. The maximum Gasteiger partial charge on any atom is 0.130 e. The Labute approximate surface area is 120 Å². The number of hydrogen-bond acceptors (Lipinski definition) is 3. The van der Waals surface area contributed by atoms with Crippen LogP contribution in [0.15, 0.2) is 42.6 Å². The molecule has 3 heteroatoms. The molecule has 0 spiro atoms. The summed E-state index contributed by atoms with van der Waals surface area (Å²) in [5.74, 6) is 0.953. The van der Waals surface area contributed by atoms with E-state index in [1.54, 1.807) is 6.20 Å². The molecule has 0 unspecified atom stereocenters. The molecule has 1 heterocycles. The summed E-state index contributed by atoms with van der Waals surface area (Å²) >= 11 is 0. The van der Waals surface area contributed by atoms with E-state index in [9.17, 15) is 0 Å². The number of nitrogens with one attached hydrogen (secondary N) is 1. The van der Waals surface area contributed by atoms with Gasteiger partial charge in [-0.1, -0.05) is 23.8 Å². The summed E-state index contributed by atoms with van der Waals surface area (Å²) in [5, 5.41) is 3.54. The van der Waals surface area contributed by atoms with Gasteiger partial charge in [0.2, 0.25) is 0 Å². The molecule has 1 aromatic carbocycles. The Morgan fingerprint density at radius 1 is 1.25 bits per heavy atom. The zero-order valence-corrected chi connectivity index (χ0v) is 11.8. The van der Waals surface area contributed by atoms with Crippen molar-refractivity contribution in [3.8, 4) is 5.75 Å². The predicted octanol–water partition coefficient (Wildman–Crippen LogP) is 3.22. The molecule has 3 nitrogen and oxygen atoms in total. The lowest BCUT2D eigenvalue weighted by Gasteiger charge is -2.13. The van der Waals surface area contributed by atoms with Gasteiger partial charge in [-0.2, -0.15) is 0 Å². The van der Waals surface area contributed by atoms with Crippen molar-refractivity contribution >= 4 is 0 Å². The first-order valence-electron chi connectivity index (χ1n) is 7.17. The molecule has 2 aromatic rings. The molecule has 1 aliphatic rings. The second kappa shape index (κ2) is 6.06. The van der Waals surface area contributed by atoms with Gasteiger partial charge in [-0.25, -0.2) is 0 Å². The van der Waals surface area contributed by atoms with Crippen LogP contribution in [0.5, 0.6) is 5.75 Å². The van der Waals surface area contributed by atoms with E-state index in [2.05, 4.69) is 35.4 Å². The van der Waals surface area contributed by atoms with E-state index in [-0.39, 0.29) is 0 Å². The first-order valence-corrected chi connectivity index (χ1v) is 7.17. The molecule has 0 saturated heterocycles. The van der Waals surface area contributed by atoms with Crippen LogP contribution in [0, 0.1) is 6.92 Å². The van der Waals surface area contributed by atoms with Crippen molar-refractivity contribution in [1.82, 2.24) is 10.3 Å². The van der Waals surface area contributed by atoms with Gasteiger partial charge in [0.25, 0.3) is 0 Å². The van der Waals surface area contributed by atoms with Gasteiger partial charge in [0.05, 0.1) is 5.69 Å². The average Bonchev–Trinajstić information content (AvgIpc) is 3.29. The van der Waals surface area contributed by atoms with Gasteiger partial charge in [0, 0.05) is 24.3 Å². The molecule has 0 amide bonds. The molecule has 104 valence electrons. The van der Waals surface area contributed by atoms with Gasteiger partial charge in [-0.15, -0.1) is 0 Å². The molecule has 0 atom stereocenters. The number of pyridine rings is 1. The number of ether oxygens (including phenoxy) is 1. The first-order chi connectivity index (χ1) is 9.81. The maximum atomic E-state index is 5.93. The largest absolute Gasteiger partial charge is 0.487 e. The quantitative estimate of drug-likeness (QED) is 0.873. The highest BCUT2D eigenvalue weighted by Crippen LogP contribution is 2.24. The summed E-state index contributed by atoms with van der Waals surface area (Å²) in [5.41, 5.74) is 3.45. The Bertz CT molecular complexity index is 564. The average molecular weight is 268 g/mol. The minimum atomic E-state index is 0.514. The monoisotopic (exact) mass is 268 g/mol. The lowest BCUT2D eigenvalue weighted by Crippen LogP contribution is -2.16. The van der Waals surface area contributed by atoms with Crippen molar-refractivity contribution in [3.05, 3.63) is 59.4 Å². The number of aryl methyl sites for hydroxylation is 1. The van der Waals surface area contributed by atoms with Crippen LogP contribution in [0.3, 0.4) is 0 Å². The van der Waals surface area contributed by atoms with E-state index < -0.39 is 0 Å². The molecule has 0 aliphatic heterocycles. The normalized spacial score (nSPS) is 14.2. The molecule has 0 bridgehead atoms. The number of rotatable bonds is 6. The second-order valence-corrected chi connectivity index (χ2v) is 5.38. The molecule has 1 saturated carbocycles. The fourth-order valence-electron chi connectivity index (χ4n) is 2.16. The van der Waals surface area contributed by atoms with Crippen LogP contribution in [0.1, 0.15) is 29.7 Å². The molecule has 3 rings (SSSR count). The number of aromatic nitrogens is 1. The Balaban J connectivity index is 1.67. The Kier molecular flexibility index (Phi) is 3.97. The maximum absolute atomic E-state index is 5.93. The fraction of sp³-hybridized carbons (Fsp3) is 0.353. The van der Waals surface area contributed by atoms with Gasteiger partial charge < -0.3 is 10.1 Å². The van der Waals surface area contributed by atoms with E-state index in [1.165, 1.54) is 24.0 Å². The molecule has 1 N–H and O–H groups in total. The number of nitrogens with zero attached hydrogens (tertiary/aromatic N) is 1. The SMILES string of the molecule is Cc1ccc(OCc2ccccn2)c(CNC2CC2)c1. The van der Waals surface area contributed by atoms with Crippen LogP contribution in [0.2, 0.25) is 0 Å². The van der Waals surface area contributed by atoms with Gasteiger partial charge in [0.1, 0.15) is 12.4 Å². The molecule has 20 heavy (non-hydrogen) atoms. The lowest BCUT2D eigenvalue weighted by molar-refractivity contribution is 0.297. The van der Waals surface area contributed by atoms with E-state index in [0.717, 1.165) is 18.0 Å². The van der Waals surface area contributed by atoms with Crippen molar-refractivity contribution in [1.29, 1.82) is 0 Å². The van der Waals surface area contributed by atoms with Crippen molar-refractivity contribution in [3.63, 3.8) is 0 Å². The summed E-state index contributed by atoms with van der Waals surface area (Å²) in [6, 6.07) is 12.9. The van der Waals surface area contributed by atoms with E-state index in [1.807, 2.05) is 18.2 Å². The Hall–Kier alpha value is -1.87. The van der Waals surface area contributed by atoms with Crippen LogP contribution in [-0.4, -0.2) is 11.0 Å². The fourth-order valence-corrected chi connectivity index (χ4v) is 2.16. The zero-order chi connectivity index (χ0) is 13.8. The van der Waals surface area contributed by atoms with Gasteiger partial charge in [0.15, 0.2) is 0 Å². The highest BCUT2D eigenvalue weighted by atomic mass is 16.5. The van der Waals surface area contributed by atoms with Gasteiger partial charge in [-0.3, -0.25) is 4.98 Å². The highest BCUT2D eigenvalue weighted by Gasteiger charge is 2.20. The van der Waals surface area contributed by atoms with Gasteiger partial charge >= 0.3 is 0 Å². The molecule has 0 radical (unpaired) electrons. The predicted molar refractivity (Wildman–Crippen MR) is 79.6 cm³/mol. The summed E-state index contributed by atoms with van der Waals surface area (Å²) < 4.78 is 5.93. The molecular weight excluding hydrogens is 248 g/mol. The van der Waals surface area contributed by atoms with Crippen molar-refractivity contribution in [2.75, 3.05) is 0 Å². The van der Waals surface area contributed by atoms with Crippen LogP contribution >= 0.6 is 0 Å². The molecule has 1 aromatic heterocycles. The minimum absolute atomic E-state index is 0.514. The van der Waals surface area contributed by atoms with Crippen LogP contribution < -0.4 is 10.1 Å². The summed E-state index contributed by atoms with van der Waals surface area (Å²) in [7, 11) is 0. The third-order valence-electron chi connectivity index (χ3n) is 3.48. The molecule has 1 aliphatic carbocycles. The summed E-state index contributed by atoms with van der Waals surface area (Å²) in [4.78, 5) is 4.28. The van der Waals surface area contributed by atoms with Crippen LogP contribution in [0.4, 0.5) is 0 Å². The third kappa shape index (κ3) is 3.58. The van der Waals surface area contributed by atoms with Crippen molar-refractivity contribution in [2.45, 2.75) is 39.0 Å². The second-order valence-electron chi connectivity index (χ2n) is 5.38. The number of benzene rings is 1. The van der Waals surface area contributed by atoms with Crippen LogP contribution in [-0.2, 0) is 13.2 Å². The van der Waals surface area contributed by atoms with Crippen LogP contribution in [0.25, 0.3) is 0 Å².